The van der Waals surface area contributed by atoms with Crippen molar-refractivity contribution in [3.05, 3.63) is 71.2 Å². The van der Waals surface area contributed by atoms with E-state index in [1.54, 1.807) is 6.92 Å². The first kappa shape index (κ1) is 20.4. The second-order valence-electron chi connectivity index (χ2n) is 6.70. The predicted octanol–water partition coefficient (Wildman–Crippen LogP) is 3.59. The van der Waals surface area contributed by atoms with Crippen LogP contribution in [0.3, 0.4) is 0 Å². The van der Waals surface area contributed by atoms with E-state index in [0.29, 0.717) is 17.8 Å². The van der Waals surface area contributed by atoms with E-state index in [-0.39, 0.29) is 11.7 Å². The Labute approximate surface area is 166 Å². The zero-order chi connectivity index (χ0) is 21.2. The van der Waals surface area contributed by atoms with Crippen LogP contribution < -0.4 is 10.2 Å². The molecule has 1 aromatic carbocycles. The first-order valence-electron chi connectivity index (χ1n) is 8.79. The molecular formula is C20H20F3N5O. The molecule has 0 aliphatic rings. The van der Waals surface area contributed by atoms with Crippen LogP contribution in [0.4, 0.5) is 18.9 Å². The van der Waals surface area contributed by atoms with Crippen molar-refractivity contribution in [1.29, 1.82) is 0 Å². The summed E-state index contributed by atoms with van der Waals surface area (Å²) in [5.74, 6) is -0.119. The van der Waals surface area contributed by atoms with E-state index in [2.05, 4.69) is 15.4 Å². The van der Waals surface area contributed by atoms with Gasteiger partial charge in [-0.15, -0.1) is 0 Å². The average Bonchev–Trinajstić information content (AvgIpc) is 3.07. The van der Waals surface area contributed by atoms with Gasteiger partial charge in [0.15, 0.2) is 5.82 Å². The van der Waals surface area contributed by atoms with Crippen molar-refractivity contribution in [3.8, 4) is 5.82 Å². The molecule has 0 saturated heterocycles. The number of carbonyl (C=O) groups excluding carboxylic acids is 1. The summed E-state index contributed by atoms with van der Waals surface area (Å²) < 4.78 is 39.4. The van der Waals surface area contributed by atoms with E-state index >= 15 is 0 Å². The van der Waals surface area contributed by atoms with Gasteiger partial charge in [0.25, 0.3) is 5.91 Å². The molecule has 152 valence electrons. The minimum atomic E-state index is -4.46. The number of benzene rings is 1. The minimum absolute atomic E-state index is 0.203. The van der Waals surface area contributed by atoms with E-state index in [0.717, 1.165) is 23.5 Å². The van der Waals surface area contributed by atoms with Gasteiger partial charge in [0.1, 0.15) is 0 Å². The number of anilines is 1. The van der Waals surface area contributed by atoms with Crippen molar-refractivity contribution in [2.75, 3.05) is 19.0 Å². The second kappa shape index (κ2) is 7.94. The van der Waals surface area contributed by atoms with Crippen molar-refractivity contribution >= 4 is 11.6 Å². The smallest absolute Gasteiger partial charge is 0.378 e. The first-order valence-corrected chi connectivity index (χ1v) is 8.79. The maximum Gasteiger partial charge on any atom is 0.417 e. The SMILES string of the molecule is Cc1c(C(=O)NCc2ccc(N(C)C)cc2)cnn1-c1ccc(C(F)(F)F)cn1. The Morgan fingerprint density at radius 3 is 2.34 bits per heavy atom. The number of halogens is 3. The number of hydrogen-bond donors (Lipinski definition) is 1. The Morgan fingerprint density at radius 1 is 1.10 bits per heavy atom. The van der Waals surface area contributed by atoms with Gasteiger partial charge in [-0.25, -0.2) is 9.67 Å². The molecule has 2 heterocycles. The molecule has 0 unspecified atom stereocenters. The van der Waals surface area contributed by atoms with Gasteiger partial charge in [-0.05, 0) is 36.8 Å². The summed E-state index contributed by atoms with van der Waals surface area (Å²) in [5.41, 5.74) is 1.97. The second-order valence-corrected chi connectivity index (χ2v) is 6.70. The number of hydrogen-bond acceptors (Lipinski definition) is 4. The largest absolute Gasteiger partial charge is 0.417 e. The number of amides is 1. The highest BCUT2D eigenvalue weighted by molar-refractivity contribution is 5.95. The lowest BCUT2D eigenvalue weighted by Crippen LogP contribution is -2.23. The third kappa shape index (κ3) is 4.56. The zero-order valence-electron chi connectivity index (χ0n) is 16.2. The molecule has 0 bridgehead atoms. The van der Waals surface area contributed by atoms with Crippen LogP contribution in [0, 0.1) is 6.92 Å². The van der Waals surface area contributed by atoms with Crippen LogP contribution in [-0.2, 0) is 12.7 Å². The molecule has 9 heteroatoms. The molecule has 1 amide bonds. The van der Waals surface area contributed by atoms with Gasteiger partial charge in [0.05, 0.1) is 23.0 Å². The summed E-state index contributed by atoms with van der Waals surface area (Å²) in [4.78, 5) is 18.3. The van der Waals surface area contributed by atoms with Crippen LogP contribution in [0.25, 0.3) is 5.82 Å². The maximum atomic E-state index is 12.7. The number of pyridine rings is 1. The number of carbonyl (C=O) groups is 1. The molecule has 1 N–H and O–H groups in total. The van der Waals surface area contributed by atoms with Crippen molar-refractivity contribution in [2.24, 2.45) is 0 Å². The predicted molar refractivity (Wildman–Crippen MR) is 103 cm³/mol. The van der Waals surface area contributed by atoms with E-state index in [1.807, 2.05) is 43.3 Å². The van der Waals surface area contributed by atoms with Crippen LogP contribution in [-0.4, -0.2) is 34.8 Å². The number of nitrogens with zero attached hydrogens (tertiary/aromatic N) is 4. The van der Waals surface area contributed by atoms with Crippen molar-refractivity contribution in [3.63, 3.8) is 0 Å². The van der Waals surface area contributed by atoms with Crippen LogP contribution in [0.15, 0.2) is 48.8 Å². The lowest BCUT2D eigenvalue weighted by atomic mass is 10.2. The molecule has 0 radical (unpaired) electrons. The molecule has 0 atom stereocenters. The van der Waals surface area contributed by atoms with Crippen LogP contribution in [0.5, 0.6) is 0 Å². The molecule has 0 saturated carbocycles. The van der Waals surface area contributed by atoms with Gasteiger partial charge in [-0.1, -0.05) is 12.1 Å². The maximum absolute atomic E-state index is 12.7. The molecule has 3 aromatic rings. The molecule has 0 spiro atoms. The molecule has 3 rings (SSSR count). The lowest BCUT2D eigenvalue weighted by Gasteiger charge is -2.13. The molecule has 6 nitrogen and oxygen atoms in total. The van der Waals surface area contributed by atoms with E-state index in [4.69, 9.17) is 0 Å². The third-order valence-electron chi connectivity index (χ3n) is 4.45. The minimum Gasteiger partial charge on any atom is -0.378 e. The summed E-state index contributed by atoms with van der Waals surface area (Å²) >= 11 is 0. The standard InChI is InChI=1S/C20H20F3N5O/c1-13-17(19(29)25-10-14-4-7-16(8-5-14)27(2)3)12-26-28(13)18-9-6-15(11-24-18)20(21,22)23/h4-9,11-12H,10H2,1-3H3,(H,25,29). The number of aromatic nitrogens is 3. The Hall–Kier alpha value is -3.36. The van der Waals surface area contributed by atoms with Gasteiger partial charge in [-0.2, -0.15) is 18.3 Å². The third-order valence-corrected chi connectivity index (χ3v) is 4.45. The quantitative estimate of drug-likeness (QED) is 0.707. The Morgan fingerprint density at radius 2 is 1.79 bits per heavy atom. The monoisotopic (exact) mass is 403 g/mol. The lowest BCUT2D eigenvalue weighted by molar-refractivity contribution is -0.137. The van der Waals surface area contributed by atoms with E-state index in [1.165, 1.54) is 16.9 Å². The molecule has 0 fully saturated rings. The van der Waals surface area contributed by atoms with Crippen molar-refractivity contribution in [1.82, 2.24) is 20.1 Å². The zero-order valence-corrected chi connectivity index (χ0v) is 16.2. The van der Waals surface area contributed by atoms with Gasteiger partial charge >= 0.3 is 6.18 Å². The van der Waals surface area contributed by atoms with Crippen LogP contribution in [0.2, 0.25) is 0 Å². The fourth-order valence-corrected chi connectivity index (χ4v) is 2.73. The summed E-state index contributed by atoms with van der Waals surface area (Å²) in [6.07, 6.45) is -2.34. The fourth-order valence-electron chi connectivity index (χ4n) is 2.73. The summed E-state index contributed by atoms with van der Waals surface area (Å²) in [5, 5.41) is 6.91. The summed E-state index contributed by atoms with van der Waals surface area (Å²) in [6.45, 7) is 2.00. The van der Waals surface area contributed by atoms with Crippen molar-refractivity contribution < 1.29 is 18.0 Å². The molecule has 0 aliphatic carbocycles. The highest BCUT2D eigenvalue weighted by Crippen LogP contribution is 2.28. The summed E-state index contributed by atoms with van der Waals surface area (Å²) in [7, 11) is 3.89. The van der Waals surface area contributed by atoms with Gasteiger partial charge in [0.2, 0.25) is 0 Å². The topological polar surface area (TPSA) is 63.1 Å². The van der Waals surface area contributed by atoms with Crippen LogP contribution >= 0.6 is 0 Å². The Bertz CT molecular complexity index is 992. The average molecular weight is 403 g/mol. The van der Waals surface area contributed by atoms with Crippen LogP contribution in [0.1, 0.15) is 27.2 Å². The van der Waals surface area contributed by atoms with Crippen molar-refractivity contribution in [2.45, 2.75) is 19.6 Å². The van der Waals surface area contributed by atoms with Gasteiger partial charge in [0, 0.05) is 32.5 Å². The highest BCUT2D eigenvalue weighted by atomic mass is 19.4. The Kier molecular flexibility index (Phi) is 5.58. The highest BCUT2D eigenvalue weighted by Gasteiger charge is 2.30. The number of rotatable bonds is 5. The van der Waals surface area contributed by atoms with E-state index in [9.17, 15) is 18.0 Å². The normalized spacial score (nSPS) is 11.4. The first-order chi connectivity index (χ1) is 13.7. The number of alkyl halides is 3. The van der Waals surface area contributed by atoms with E-state index < -0.39 is 11.7 Å². The van der Waals surface area contributed by atoms with Gasteiger partial charge < -0.3 is 10.2 Å². The molecular weight excluding hydrogens is 383 g/mol. The molecule has 29 heavy (non-hydrogen) atoms. The molecule has 2 aromatic heterocycles. The van der Waals surface area contributed by atoms with Gasteiger partial charge in [-0.3, -0.25) is 4.79 Å². The fraction of sp³-hybridized carbons (Fsp3) is 0.250. The summed E-state index contributed by atoms with van der Waals surface area (Å²) in [6, 6.07) is 9.93. The molecule has 0 aliphatic heterocycles. The number of nitrogens with one attached hydrogen (secondary N) is 1. The Balaban J connectivity index is 1.70.